The highest BCUT2D eigenvalue weighted by molar-refractivity contribution is 5.98. The standard InChI is InChI=1S/C19H25FN2/c1-5-7-13(3)22-19(12-6-2)16-10-8-15(14(4)21)9-11-17(20)18(16)19/h5,8-11,16,18,21H,1,6-7,12H2,2-4H3. The van der Waals surface area contributed by atoms with Gasteiger partial charge in [0.2, 0.25) is 0 Å². The molecule has 2 aliphatic rings. The summed E-state index contributed by atoms with van der Waals surface area (Å²) in [6.45, 7) is 9.57. The van der Waals surface area contributed by atoms with Crippen LogP contribution in [0.15, 0.2) is 53.4 Å². The van der Waals surface area contributed by atoms with Crippen molar-refractivity contribution in [2.45, 2.75) is 45.6 Å². The maximum Gasteiger partial charge on any atom is 0.106 e. The normalized spacial score (nSPS) is 30.6. The number of allylic oxidation sites excluding steroid dienone is 5. The van der Waals surface area contributed by atoms with Gasteiger partial charge in [0.05, 0.1) is 5.54 Å². The number of fused-ring (bicyclic) bond motifs is 1. The second-order valence-electron chi connectivity index (χ2n) is 6.24. The number of rotatable bonds is 6. The predicted molar refractivity (Wildman–Crippen MR) is 92.4 cm³/mol. The van der Waals surface area contributed by atoms with Gasteiger partial charge in [0.15, 0.2) is 0 Å². The fourth-order valence-electron chi connectivity index (χ4n) is 3.46. The summed E-state index contributed by atoms with van der Waals surface area (Å²) in [7, 11) is 0. The molecule has 0 bridgehead atoms. The minimum atomic E-state index is -0.349. The fraction of sp³-hybridized carbons (Fsp3) is 0.474. The Hall–Kier alpha value is -1.77. The van der Waals surface area contributed by atoms with Crippen LogP contribution in [0.4, 0.5) is 4.39 Å². The number of nitrogens with one attached hydrogen (secondary N) is 1. The molecule has 2 aliphatic carbocycles. The van der Waals surface area contributed by atoms with Crippen molar-refractivity contribution in [3.05, 3.63) is 48.4 Å². The van der Waals surface area contributed by atoms with Gasteiger partial charge in [-0.1, -0.05) is 37.6 Å². The quantitative estimate of drug-likeness (QED) is 0.517. The zero-order chi connectivity index (χ0) is 16.3. The Labute approximate surface area is 132 Å². The molecule has 22 heavy (non-hydrogen) atoms. The third kappa shape index (κ3) is 3.03. The van der Waals surface area contributed by atoms with E-state index >= 15 is 0 Å². The Kier molecular flexibility index (Phi) is 4.94. The summed E-state index contributed by atoms with van der Waals surface area (Å²) in [5, 5.41) is 7.74. The molecule has 2 rings (SSSR count). The number of halogens is 1. The summed E-state index contributed by atoms with van der Waals surface area (Å²) in [5.41, 5.74) is 1.87. The minimum Gasteiger partial charge on any atom is -0.305 e. The molecule has 0 aromatic carbocycles. The molecule has 118 valence electrons. The molecule has 1 N–H and O–H groups in total. The summed E-state index contributed by atoms with van der Waals surface area (Å²) in [4.78, 5) is 4.88. The van der Waals surface area contributed by atoms with Crippen LogP contribution >= 0.6 is 0 Å². The van der Waals surface area contributed by atoms with E-state index in [0.29, 0.717) is 5.71 Å². The van der Waals surface area contributed by atoms with Crippen molar-refractivity contribution in [1.29, 1.82) is 5.41 Å². The van der Waals surface area contributed by atoms with Crippen LogP contribution in [0.5, 0.6) is 0 Å². The maximum absolute atomic E-state index is 14.6. The summed E-state index contributed by atoms with van der Waals surface area (Å²) < 4.78 is 14.6. The highest BCUT2D eigenvalue weighted by Crippen LogP contribution is 2.61. The highest BCUT2D eigenvalue weighted by Gasteiger charge is 2.65. The van der Waals surface area contributed by atoms with Gasteiger partial charge in [-0.2, -0.15) is 0 Å². The lowest BCUT2D eigenvalue weighted by Crippen LogP contribution is -2.13. The van der Waals surface area contributed by atoms with Crippen LogP contribution in [0.25, 0.3) is 0 Å². The molecule has 3 heteroatoms. The van der Waals surface area contributed by atoms with Gasteiger partial charge in [-0.05, 0) is 31.9 Å². The van der Waals surface area contributed by atoms with Crippen LogP contribution in [0.3, 0.4) is 0 Å². The Morgan fingerprint density at radius 3 is 2.77 bits per heavy atom. The summed E-state index contributed by atoms with van der Waals surface area (Å²) >= 11 is 0. The summed E-state index contributed by atoms with van der Waals surface area (Å²) in [6, 6.07) is 0. The average molecular weight is 300 g/mol. The second-order valence-corrected chi connectivity index (χ2v) is 6.24. The Bertz CT molecular complexity index is 595. The van der Waals surface area contributed by atoms with Crippen molar-refractivity contribution >= 4 is 11.4 Å². The Morgan fingerprint density at radius 1 is 1.45 bits per heavy atom. The first-order valence-corrected chi connectivity index (χ1v) is 7.93. The van der Waals surface area contributed by atoms with Crippen LogP contribution in [0.1, 0.15) is 40.0 Å². The van der Waals surface area contributed by atoms with E-state index in [-0.39, 0.29) is 23.2 Å². The predicted octanol–water partition coefficient (Wildman–Crippen LogP) is 5.20. The van der Waals surface area contributed by atoms with E-state index in [4.69, 9.17) is 10.4 Å². The molecule has 1 fully saturated rings. The molecule has 0 aromatic heterocycles. The summed E-state index contributed by atoms with van der Waals surface area (Å²) in [5.74, 6) is -0.185. The molecule has 1 saturated carbocycles. The van der Waals surface area contributed by atoms with E-state index in [2.05, 4.69) is 13.5 Å². The highest BCUT2D eigenvalue weighted by atomic mass is 19.1. The van der Waals surface area contributed by atoms with Gasteiger partial charge in [0, 0.05) is 29.7 Å². The van der Waals surface area contributed by atoms with Crippen molar-refractivity contribution in [2.75, 3.05) is 0 Å². The van der Waals surface area contributed by atoms with E-state index in [0.717, 1.165) is 30.5 Å². The van der Waals surface area contributed by atoms with Crippen LogP contribution < -0.4 is 0 Å². The molecule has 0 saturated heterocycles. The third-order valence-electron chi connectivity index (χ3n) is 4.49. The van der Waals surface area contributed by atoms with Gasteiger partial charge in [0.1, 0.15) is 5.83 Å². The van der Waals surface area contributed by atoms with Crippen molar-refractivity contribution in [3.8, 4) is 0 Å². The van der Waals surface area contributed by atoms with Gasteiger partial charge in [-0.15, -0.1) is 6.58 Å². The van der Waals surface area contributed by atoms with Crippen LogP contribution in [0, 0.1) is 17.2 Å². The zero-order valence-electron chi connectivity index (χ0n) is 13.7. The van der Waals surface area contributed by atoms with Crippen molar-refractivity contribution in [1.82, 2.24) is 0 Å². The molecule has 0 aromatic rings. The Morgan fingerprint density at radius 2 is 2.18 bits per heavy atom. The lowest BCUT2D eigenvalue weighted by atomic mass is 10.1. The fourth-order valence-corrected chi connectivity index (χ4v) is 3.46. The maximum atomic E-state index is 14.6. The lowest BCUT2D eigenvalue weighted by molar-refractivity contribution is 0.500. The largest absolute Gasteiger partial charge is 0.305 e. The van der Waals surface area contributed by atoms with Crippen LogP contribution in [-0.2, 0) is 0 Å². The average Bonchev–Trinajstić information content (AvgIpc) is 3.02. The smallest absolute Gasteiger partial charge is 0.106 e. The molecular formula is C19H25FN2. The number of hydrogen-bond acceptors (Lipinski definition) is 2. The van der Waals surface area contributed by atoms with E-state index in [1.54, 1.807) is 13.0 Å². The molecular weight excluding hydrogens is 275 g/mol. The molecule has 0 heterocycles. The Balaban J connectivity index is 2.38. The lowest BCUT2D eigenvalue weighted by Gasteiger charge is -2.13. The summed E-state index contributed by atoms with van der Waals surface area (Å²) in [6.07, 6.45) is 11.6. The van der Waals surface area contributed by atoms with Gasteiger partial charge >= 0.3 is 0 Å². The number of aliphatic imine (C=N–C) groups is 1. The van der Waals surface area contributed by atoms with E-state index in [1.807, 2.05) is 25.2 Å². The second kappa shape index (κ2) is 6.55. The molecule has 2 nitrogen and oxygen atoms in total. The van der Waals surface area contributed by atoms with E-state index in [1.165, 1.54) is 6.08 Å². The van der Waals surface area contributed by atoms with E-state index < -0.39 is 0 Å². The third-order valence-corrected chi connectivity index (χ3v) is 4.49. The number of nitrogens with zero attached hydrogens (tertiary/aromatic N) is 1. The first kappa shape index (κ1) is 16.6. The topological polar surface area (TPSA) is 36.2 Å². The van der Waals surface area contributed by atoms with Gasteiger partial charge in [-0.25, -0.2) is 4.39 Å². The van der Waals surface area contributed by atoms with Crippen molar-refractivity contribution in [2.24, 2.45) is 16.8 Å². The SMILES string of the molecule is C=CCC(C)=NC1(CCC)C2C=CC(C(C)=N)=CC=C(F)C21. The molecule has 0 aliphatic heterocycles. The minimum absolute atomic E-state index is 0.0894. The molecule has 3 atom stereocenters. The first-order valence-electron chi connectivity index (χ1n) is 7.93. The molecule has 0 amide bonds. The first-order chi connectivity index (χ1) is 10.5. The molecule has 0 radical (unpaired) electrons. The van der Waals surface area contributed by atoms with Gasteiger partial charge < -0.3 is 5.41 Å². The zero-order valence-corrected chi connectivity index (χ0v) is 13.7. The van der Waals surface area contributed by atoms with Crippen LogP contribution in [0.2, 0.25) is 0 Å². The molecule has 3 unspecified atom stereocenters. The van der Waals surface area contributed by atoms with Gasteiger partial charge in [-0.3, -0.25) is 4.99 Å². The van der Waals surface area contributed by atoms with Crippen LogP contribution in [-0.4, -0.2) is 17.0 Å². The van der Waals surface area contributed by atoms with Crippen molar-refractivity contribution in [3.63, 3.8) is 0 Å². The monoisotopic (exact) mass is 300 g/mol. The number of hydrogen-bond donors (Lipinski definition) is 1. The molecule has 0 spiro atoms. The van der Waals surface area contributed by atoms with Gasteiger partial charge in [0.25, 0.3) is 0 Å². The van der Waals surface area contributed by atoms with Crippen molar-refractivity contribution < 1.29 is 4.39 Å². The van der Waals surface area contributed by atoms with E-state index in [9.17, 15) is 4.39 Å².